The summed E-state index contributed by atoms with van der Waals surface area (Å²) < 4.78 is 88.3. The first-order chi connectivity index (χ1) is 17.1. The lowest BCUT2D eigenvalue weighted by Gasteiger charge is -2.44. The van der Waals surface area contributed by atoms with Gasteiger partial charge < -0.3 is 19.9 Å². The number of halogens is 6. The molecule has 0 spiro atoms. The fourth-order valence-corrected chi connectivity index (χ4v) is 4.10. The number of phenolic OH excluding ortho intramolecular Hbond substituents is 1. The molecule has 2 aromatic carbocycles. The van der Waals surface area contributed by atoms with Crippen molar-refractivity contribution < 1.29 is 51.0 Å². The van der Waals surface area contributed by atoms with E-state index in [2.05, 4.69) is 4.74 Å². The molecule has 0 saturated carbocycles. The highest BCUT2D eigenvalue weighted by atomic mass is 32.2. The molecular weight excluding hydrogens is 540 g/mol. The molecule has 0 saturated heterocycles. The molecule has 13 heteroatoms. The van der Waals surface area contributed by atoms with Gasteiger partial charge in [-0.1, -0.05) is 6.07 Å². The highest BCUT2D eigenvalue weighted by Gasteiger charge is 2.39. The number of alkyl halides is 4. The van der Waals surface area contributed by atoms with E-state index >= 15 is 8.78 Å². The molecule has 0 amide bonds. The van der Waals surface area contributed by atoms with Gasteiger partial charge in [-0.25, -0.2) is 18.0 Å². The standard InChI is InChI=1S/C24H26F3NO3.CHF3OS.H2O/c1-14-9-16-12-17(29)6-7-18(16)23(28(14)13-24(2,3)27)22-19(25)10-15(11-20(22)26)5-8-21(30)31-4;2-1(3,4)6-5;/h5-8,10-12,14,23,29H,9,13H2,1-4H3;5H;1H2/b8-5+;;. The molecule has 1 aliphatic heterocycles. The van der Waals surface area contributed by atoms with Crippen LogP contribution in [0.25, 0.3) is 6.08 Å². The van der Waals surface area contributed by atoms with Crippen LogP contribution < -0.4 is 0 Å². The Hall–Kier alpha value is -2.74. The van der Waals surface area contributed by atoms with E-state index in [-0.39, 0.29) is 34.9 Å². The first-order valence-corrected chi connectivity index (χ1v) is 11.7. The van der Waals surface area contributed by atoms with E-state index < -0.39 is 46.9 Å². The number of carbonyl (C=O) groups excluding carboxylic acids is 1. The van der Waals surface area contributed by atoms with Crippen LogP contribution in [0.2, 0.25) is 0 Å². The summed E-state index contributed by atoms with van der Waals surface area (Å²) in [7, 11) is 1.21. The number of benzene rings is 2. The SMILES string of the molecule is COC(=O)/C=C/c1cc(F)c(C2c3ccc(O)cc3CC(C)N2CC(C)(C)F)c(F)c1.O.OSC(F)(F)F. The molecule has 2 unspecified atom stereocenters. The Bertz CT molecular complexity index is 1110. The Kier molecular flexibility index (Phi) is 11.7. The summed E-state index contributed by atoms with van der Waals surface area (Å²) >= 11 is -1.12. The number of hydrogen-bond donors (Lipinski definition) is 2. The van der Waals surface area contributed by atoms with E-state index in [4.69, 9.17) is 4.55 Å². The number of rotatable bonds is 5. The van der Waals surface area contributed by atoms with Crippen molar-refractivity contribution in [2.75, 3.05) is 13.7 Å². The Labute approximate surface area is 220 Å². The van der Waals surface area contributed by atoms with Crippen molar-refractivity contribution >= 4 is 24.1 Å². The smallest absolute Gasteiger partial charge is 0.467 e. The average Bonchev–Trinajstić information content (AvgIpc) is 2.78. The molecule has 1 aliphatic rings. The van der Waals surface area contributed by atoms with E-state index in [1.54, 1.807) is 17.0 Å². The monoisotopic (exact) mass is 569 g/mol. The van der Waals surface area contributed by atoms with E-state index in [9.17, 15) is 27.5 Å². The van der Waals surface area contributed by atoms with Gasteiger partial charge in [-0.3, -0.25) is 4.90 Å². The van der Waals surface area contributed by atoms with Gasteiger partial charge in [0.25, 0.3) is 0 Å². The van der Waals surface area contributed by atoms with Crippen LogP contribution in [0, 0.1) is 11.6 Å². The lowest BCUT2D eigenvalue weighted by Crippen LogP contribution is -2.48. The van der Waals surface area contributed by atoms with Gasteiger partial charge >= 0.3 is 11.5 Å². The average molecular weight is 570 g/mol. The normalized spacial score (nSPS) is 17.8. The maximum Gasteiger partial charge on any atom is 0.467 e. The lowest BCUT2D eigenvalue weighted by atomic mass is 9.83. The topological polar surface area (TPSA) is 102 Å². The number of aromatic hydroxyl groups is 1. The largest absolute Gasteiger partial charge is 0.508 e. The molecule has 2 aromatic rings. The van der Waals surface area contributed by atoms with Crippen LogP contribution in [0.1, 0.15) is 49.1 Å². The quantitative estimate of drug-likeness (QED) is 0.203. The van der Waals surface area contributed by atoms with Crippen LogP contribution in [0.15, 0.2) is 36.4 Å². The zero-order valence-electron chi connectivity index (χ0n) is 20.9. The number of esters is 1. The van der Waals surface area contributed by atoms with Gasteiger partial charge in [0.05, 0.1) is 13.2 Å². The second kappa shape index (κ2) is 13.4. The Balaban J connectivity index is 0.000000925. The van der Waals surface area contributed by atoms with Crippen molar-refractivity contribution in [2.45, 2.75) is 50.5 Å². The maximum absolute atomic E-state index is 15.2. The Morgan fingerprint density at radius 1 is 1.16 bits per heavy atom. The summed E-state index contributed by atoms with van der Waals surface area (Å²) in [6, 6.07) is 5.86. The van der Waals surface area contributed by atoms with Crippen molar-refractivity contribution in [3.63, 3.8) is 0 Å². The van der Waals surface area contributed by atoms with Gasteiger partial charge in [-0.2, -0.15) is 13.2 Å². The van der Waals surface area contributed by atoms with E-state index in [1.165, 1.54) is 33.1 Å². The van der Waals surface area contributed by atoms with Crippen LogP contribution in [0.4, 0.5) is 26.3 Å². The van der Waals surface area contributed by atoms with E-state index in [0.717, 1.165) is 23.8 Å². The van der Waals surface area contributed by atoms with Gasteiger partial charge in [0.1, 0.15) is 35.1 Å². The summed E-state index contributed by atoms with van der Waals surface area (Å²) in [5.41, 5.74) is -4.72. The minimum Gasteiger partial charge on any atom is -0.508 e. The molecule has 0 bridgehead atoms. The minimum atomic E-state index is -4.49. The Morgan fingerprint density at radius 2 is 1.71 bits per heavy atom. The summed E-state index contributed by atoms with van der Waals surface area (Å²) in [5.74, 6) is -2.18. The number of phenols is 1. The predicted molar refractivity (Wildman–Crippen MR) is 132 cm³/mol. The summed E-state index contributed by atoms with van der Waals surface area (Å²) in [6.45, 7) is 4.70. The number of nitrogens with zero attached hydrogens (tertiary/aromatic N) is 1. The molecule has 0 aromatic heterocycles. The fraction of sp³-hybridized carbons (Fsp3) is 0.400. The van der Waals surface area contributed by atoms with Crippen LogP contribution >= 0.6 is 12.0 Å². The summed E-state index contributed by atoms with van der Waals surface area (Å²) in [5, 5.41) is 9.89. The summed E-state index contributed by atoms with van der Waals surface area (Å²) in [4.78, 5) is 13.0. The van der Waals surface area contributed by atoms with E-state index in [0.29, 0.717) is 12.0 Å². The van der Waals surface area contributed by atoms with Crippen LogP contribution in [0.3, 0.4) is 0 Å². The van der Waals surface area contributed by atoms with Gasteiger partial charge in [-0.15, -0.1) is 0 Å². The number of hydrogen-bond acceptors (Lipinski definition) is 6. The first kappa shape index (κ1) is 33.3. The van der Waals surface area contributed by atoms with Crippen LogP contribution in [0.5, 0.6) is 5.75 Å². The molecule has 2 atom stereocenters. The third kappa shape index (κ3) is 9.22. The molecule has 6 nitrogen and oxygen atoms in total. The van der Waals surface area contributed by atoms with Crippen LogP contribution in [-0.4, -0.2) is 56.9 Å². The van der Waals surface area contributed by atoms with Gasteiger partial charge in [-0.05, 0) is 74.2 Å². The zero-order valence-corrected chi connectivity index (χ0v) is 21.8. The number of fused-ring (bicyclic) bond motifs is 1. The molecular formula is C25H29F6NO5S. The van der Waals surface area contributed by atoms with Gasteiger partial charge in [0.15, 0.2) is 0 Å². The van der Waals surface area contributed by atoms with Gasteiger partial charge in [0.2, 0.25) is 0 Å². The van der Waals surface area contributed by atoms with Crippen molar-refractivity contribution in [1.29, 1.82) is 0 Å². The highest BCUT2D eigenvalue weighted by Crippen LogP contribution is 2.42. The number of carbonyl (C=O) groups is 1. The van der Waals surface area contributed by atoms with Crippen molar-refractivity contribution in [3.8, 4) is 5.75 Å². The molecule has 0 radical (unpaired) electrons. The highest BCUT2D eigenvalue weighted by molar-refractivity contribution is 7.94. The predicted octanol–water partition coefficient (Wildman–Crippen LogP) is 5.83. The fourth-order valence-electron chi connectivity index (χ4n) is 4.10. The van der Waals surface area contributed by atoms with Crippen molar-refractivity contribution in [1.82, 2.24) is 4.90 Å². The third-order valence-corrected chi connectivity index (χ3v) is 5.69. The molecule has 0 fully saturated rings. The molecule has 212 valence electrons. The summed E-state index contributed by atoms with van der Waals surface area (Å²) in [6.07, 6.45) is 2.85. The van der Waals surface area contributed by atoms with Crippen molar-refractivity contribution in [2.24, 2.45) is 0 Å². The maximum atomic E-state index is 15.2. The first-order valence-electron chi connectivity index (χ1n) is 11.0. The number of ether oxygens (including phenoxy) is 1. The van der Waals surface area contributed by atoms with Crippen LogP contribution in [-0.2, 0) is 16.0 Å². The molecule has 3 rings (SSSR count). The third-order valence-electron chi connectivity index (χ3n) is 5.48. The molecule has 0 aliphatic carbocycles. The zero-order chi connectivity index (χ0) is 28.1. The second-order valence-electron chi connectivity index (χ2n) is 9.02. The van der Waals surface area contributed by atoms with Crippen molar-refractivity contribution in [3.05, 3.63) is 70.3 Å². The van der Waals surface area contributed by atoms with E-state index in [1.807, 2.05) is 6.92 Å². The number of methoxy groups -OCH3 is 1. The molecule has 1 heterocycles. The second-order valence-corrected chi connectivity index (χ2v) is 9.67. The Morgan fingerprint density at radius 3 is 2.18 bits per heavy atom. The lowest BCUT2D eigenvalue weighted by molar-refractivity contribution is -0.134. The molecule has 4 N–H and O–H groups in total. The molecule has 38 heavy (non-hydrogen) atoms. The minimum absolute atomic E-state index is 0. The van der Waals surface area contributed by atoms with Gasteiger partial charge in [0, 0.05) is 24.2 Å².